The molecule has 0 heterocycles. The number of phosphoric acid groups is 1. The molecular formula is C21H27O4PSi. The van der Waals surface area contributed by atoms with Crippen LogP contribution in [0, 0.1) is 11.5 Å². The number of rotatable bonds is 9. The summed E-state index contributed by atoms with van der Waals surface area (Å²) in [6.07, 6.45) is 0. The molecule has 2 aromatic carbocycles. The standard InChI is InChI=1S/C21H27O4PSi/c1-4-27(5-2,6-3)19-13-18-23-26(22,24-20-14-9-7-10-15-20)25-21-16-11-8-12-17-21/h7-12,14-17H,4-6,18H2,1-3H3. The normalized spacial score (nSPS) is 11.4. The highest BCUT2D eigenvalue weighted by molar-refractivity contribution is 7.49. The van der Waals surface area contributed by atoms with Crippen LogP contribution in [-0.4, -0.2) is 14.7 Å². The Hall–Kier alpha value is -1.99. The summed E-state index contributed by atoms with van der Waals surface area (Å²) < 4.78 is 29.8. The third kappa shape index (κ3) is 6.59. The second-order valence-corrected chi connectivity index (χ2v) is 12.6. The molecule has 0 aliphatic rings. The zero-order valence-electron chi connectivity index (χ0n) is 16.2. The molecular weight excluding hydrogens is 375 g/mol. The van der Waals surface area contributed by atoms with E-state index in [1.54, 1.807) is 48.5 Å². The maximum absolute atomic E-state index is 13.2. The monoisotopic (exact) mass is 402 g/mol. The minimum atomic E-state index is -3.86. The smallest absolute Gasteiger partial charge is 0.395 e. The molecule has 0 spiro atoms. The van der Waals surface area contributed by atoms with Crippen molar-refractivity contribution in [1.29, 1.82) is 0 Å². The van der Waals surface area contributed by atoms with Crippen molar-refractivity contribution in [2.75, 3.05) is 6.61 Å². The summed E-state index contributed by atoms with van der Waals surface area (Å²) in [6, 6.07) is 21.0. The van der Waals surface area contributed by atoms with E-state index < -0.39 is 15.9 Å². The quantitative estimate of drug-likeness (QED) is 0.280. The lowest BCUT2D eigenvalue weighted by molar-refractivity contribution is 0.232. The molecule has 144 valence electrons. The number of benzene rings is 2. The first-order chi connectivity index (χ1) is 13.0. The van der Waals surface area contributed by atoms with Crippen LogP contribution >= 0.6 is 7.82 Å². The van der Waals surface area contributed by atoms with Gasteiger partial charge in [0, 0.05) is 0 Å². The van der Waals surface area contributed by atoms with Gasteiger partial charge in [0.25, 0.3) is 0 Å². The van der Waals surface area contributed by atoms with Gasteiger partial charge in [-0.15, -0.1) is 5.54 Å². The molecule has 0 fully saturated rings. The van der Waals surface area contributed by atoms with E-state index in [-0.39, 0.29) is 6.61 Å². The Morgan fingerprint density at radius 1 is 0.815 bits per heavy atom. The van der Waals surface area contributed by atoms with Crippen LogP contribution < -0.4 is 9.05 Å². The SMILES string of the molecule is CC[Si](C#CCOP(=O)(Oc1ccccc1)Oc1ccccc1)(CC)CC. The topological polar surface area (TPSA) is 44.8 Å². The van der Waals surface area contributed by atoms with Crippen LogP contribution in [0.15, 0.2) is 60.7 Å². The molecule has 0 aliphatic heterocycles. The van der Waals surface area contributed by atoms with Crippen LogP contribution in [0.2, 0.25) is 18.1 Å². The van der Waals surface area contributed by atoms with Gasteiger partial charge in [0.15, 0.2) is 0 Å². The van der Waals surface area contributed by atoms with Gasteiger partial charge < -0.3 is 9.05 Å². The van der Waals surface area contributed by atoms with Gasteiger partial charge in [0.1, 0.15) is 26.2 Å². The van der Waals surface area contributed by atoms with Crippen LogP contribution in [0.3, 0.4) is 0 Å². The molecule has 0 radical (unpaired) electrons. The van der Waals surface area contributed by atoms with Crippen LogP contribution in [0.4, 0.5) is 0 Å². The van der Waals surface area contributed by atoms with E-state index in [1.165, 1.54) is 0 Å². The molecule has 0 aromatic heterocycles. The summed E-state index contributed by atoms with van der Waals surface area (Å²) in [4.78, 5) is 0. The van der Waals surface area contributed by atoms with Crippen molar-refractivity contribution >= 4 is 15.9 Å². The summed E-state index contributed by atoms with van der Waals surface area (Å²) in [7, 11) is -5.43. The van der Waals surface area contributed by atoms with Crippen molar-refractivity contribution in [1.82, 2.24) is 0 Å². The fourth-order valence-electron chi connectivity index (χ4n) is 2.64. The van der Waals surface area contributed by atoms with Crippen LogP contribution in [0.1, 0.15) is 20.8 Å². The molecule has 0 N–H and O–H groups in total. The highest BCUT2D eigenvalue weighted by atomic mass is 31.2. The van der Waals surface area contributed by atoms with Gasteiger partial charge in [-0.2, -0.15) is 0 Å². The Kier molecular flexibility index (Phi) is 8.18. The molecule has 0 atom stereocenters. The van der Waals surface area contributed by atoms with E-state index in [1.807, 2.05) is 12.1 Å². The predicted octanol–water partition coefficient (Wildman–Crippen LogP) is 6.32. The van der Waals surface area contributed by atoms with Crippen molar-refractivity contribution in [3.05, 3.63) is 60.7 Å². The third-order valence-corrected chi connectivity index (χ3v) is 10.7. The maximum Gasteiger partial charge on any atom is 0.588 e. The van der Waals surface area contributed by atoms with Crippen molar-refractivity contribution < 1.29 is 18.1 Å². The molecule has 0 amide bonds. The van der Waals surface area contributed by atoms with Gasteiger partial charge in [-0.05, 0) is 42.4 Å². The molecule has 2 aromatic rings. The van der Waals surface area contributed by atoms with Crippen molar-refractivity contribution in [2.24, 2.45) is 0 Å². The average Bonchev–Trinajstić information content (AvgIpc) is 2.70. The highest BCUT2D eigenvalue weighted by Crippen LogP contribution is 2.49. The first kappa shape index (κ1) is 21.3. The summed E-state index contributed by atoms with van der Waals surface area (Å²) >= 11 is 0. The average molecular weight is 403 g/mol. The third-order valence-electron chi connectivity index (χ3n) is 4.60. The summed E-state index contributed by atoms with van der Waals surface area (Å²) in [5.41, 5.74) is 3.41. The molecule has 0 aliphatic carbocycles. The number of hydrogen-bond donors (Lipinski definition) is 0. The first-order valence-electron chi connectivity index (χ1n) is 9.28. The molecule has 0 saturated carbocycles. The van der Waals surface area contributed by atoms with E-state index >= 15 is 0 Å². The van der Waals surface area contributed by atoms with E-state index in [9.17, 15) is 4.57 Å². The zero-order chi connectivity index (χ0) is 19.6. The van der Waals surface area contributed by atoms with Gasteiger partial charge in [0.05, 0.1) is 0 Å². The van der Waals surface area contributed by atoms with E-state index in [2.05, 4.69) is 32.2 Å². The van der Waals surface area contributed by atoms with E-state index in [0.717, 1.165) is 18.1 Å². The van der Waals surface area contributed by atoms with E-state index in [0.29, 0.717) is 11.5 Å². The van der Waals surface area contributed by atoms with Crippen LogP contribution in [0.25, 0.3) is 0 Å². The van der Waals surface area contributed by atoms with Crippen LogP contribution in [0.5, 0.6) is 11.5 Å². The molecule has 4 nitrogen and oxygen atoms in total. The highest BCUT2D eigenvalue weighted by Gasteiger charge is 2.31. The predicted molar refractivity (Wildman–Crippen MR) is 113 cm³/mol. The second kappa shape index (κ2) is 10.4. The molecule has 2 rings (SSSR count). The van der Waals surface area contributed by atoms with Gasteiger partial charge in [0.2, 0.25) is 0 Å². The lowest BCUT2D eigenvalue weighted by atomic mass is 10.3. The first-order valence-corrected chi connectivity index (χ1v) is 13.4. The Bertz CT molecular complexity index is 741. The van der Waals surface area contributed by atoms with E-state index in [4.69, 9.17) is 13.6 Å². The number of phosphoric ester groups is 1. The Morgan fingerprint density at radius 3 is 1.67 bits per heavy atom. The minimum absolute atomic E-state index is 0.00565. The van der Waals surface area contributed by atoms with Crippen molar-refractivity contribution in [3.63, 3.8) is 0 Å². The fourth-order valence-corrected chi connectivity index (χ4v) is 6.24. The zero-order valence-corrected chi connectivity index (χ0v) is 18.1. The minimum Gasteiger partial charge on any atom is -0.395 e. The molecule has 0 unspecified atom stereocenters. The van der Waals surface area contributed by atoms with Crippen molar-refractivity contribution in [2.45, 2.75) is 38.9 Å². The molecule has 6 heteroatoms. The molecule has 27 heavy (non-hydrogen) atoms. The fraction of sp³-hybridized carbons (Fsp3) is 0.333. The summed E-state index contributed by atoms with van der Waals surface area (Å²) in [5, 5.41) is 0. The molecule has 0 saturated heterocycles. The van der Waals surface area contributed by atoms with Gasteiger partial charge in [-0.3, -0.25) is 4.52 Å². The lowest BCUT2D eigenvalue weighted by Gasteiger charge is -2.20. The second-order valence-electron chi connectivity index (χ2n) is 6.17. The van der Waals surface area contributed by atoms with Gasteiger partial charge in [-0.25, -0.2) is 4.57 Å². The van der Waals surface area contributed by atoms with Gasteiger partial charge >= 0.3 is 7.82 Å². The van der Waals surface area contributed by atoms with Crippen LogP contribution in [-0.2, 0) is 9.09 Å². The number of para-hydroxylation sites is 2. The van der Waals surface area contributed by atoms with Crippen molar-refractivity contribution in [3.8, 4) is 23.0 Å². The Labute approximate surface area is 163 Å². The summed E-state index contributed by atoms with van der Waals surface area (Å²) in [6.45, 7) is 6.58. The Morgan fingerprint density at radius 2 is 1.26 bits per heavy atom. The largest absolute Gasteiger partial charge is 0.588 e. The Balaban J connectivity index is 2.14. The lowest BCUT2D eigenvalue weighted by Crippen LogP contribution is -2.29. The summed E-state index contributed by atoms with van der Waals surface area (Å²) in [5.74, 6) is 3.90. The number of hydrogen-bond acceptors (Lipinski definition) is 4. The molecule has 0 bridgehead atoms. The van der Waals surface area contributed by atoms with Gasteiger partial charge in [-0.1, -0.05) is 63.1 Å². The maximum atomic E-state index is 13.2.